The summed E-state index contributed by atoms with van der Waals surface area (Å²) in [6.45, 7) is 4.31. The Hall–Kier alpha value is -0.610. The second kappa shape index (κ2) is 32.9. The highest BCUT2D eigenvalue weighted by Crippen LogP contribution is 2.16. The lowest BCUT2D eigenvalue weighted by atomic mass is 10.0. The first kappa shape index (κ1) is 39.4. The van der Waals surface area contributed by atoms with Gasteiger partial charge in [0.15, 0.2) is 0 Å². The minimum absolute atomic E-state index is 0.0331. The summed E-state index contributed by atoms with van der Waals surface area (Å²) < 4.78 is 0. The van der Waals surface area contributed by atoms with Crippen molar-refractivity contribution in [3.63, 3.8) is 0 Å². The number of aliphatic hydroxyl groups excluding tert-OH is 2. The van der Waals surface area contributed by atoms with Crippen molar-refractivity contribution < 1.29 is 15.0 Å². The Kier molecular flexibility index (Phi) is 32.4. The SMILES string of the molecule is CCCCCCCCCCCCCCCCCCCCCCCCC(=O)NC(CO)C(O)CCCCCCCC. The van der Waals surface area contributed by atoms with Gasteiger partial charge in [-0.25, -0.2) is 0 Å². The fourth-order valence-corrected chi connectivity index (χ4v) is 5.77. The minimum Gasteiger partial charge on any atom is -0.394 e. The summed E-state index contributed by atoms with van der Waals surface area (Å²) in [5, 5.41) is 22.8. The van der Waals surface area contributed by atoms with Crippen LogP contribution in [0, 0.1) is 0 Å². The number of unbranched alkanes of at least 4 members (excludes halogenated alkanes) is 26. The summed E-state index contributed by atoms with van der Waals surface area (Å²) in [6.07, 6.45) is 37.6. The zero-order valence-corrected chi connectivity index (χ0v) is 27.4. The van der Waals surface area contributed by atoms with Crippen molar-refractivity contribution in [3.05, 3.63) is 0 Å². The number of rotatable bonds is 33. The molecule has 0 bridgehead atoms. The van der Waals surface area contributed by atoms with Crippen LogP contribution in [0.4, 0.5) is 0 Å². The molecule has 240 valence electrons. The van der Waals surface area contributed by atoms with Crippen LogP contribution in [0.1, 0.15) is 206 Å². The van der Waals surface area contributed by atoms with Crippen LogP contribution in [0.3, 0.4) is 0 Å². The number of amides is 1. The van der Waals surface area contributed by atoms with Crippen LogP contribution in [0.25, 0.3) is 0 Å². The van der Waals surface area contributed by atoms with Gasteiger partial charge in [0.05, 0.1) is 18.8 Å². The second-order valence-corrected chi connectivity index (χ2v) is 12.7. The van der Waals surface area contributed by atoms with Crippen LogP contribution in [-0.4, -0.2) is 34.9 Å². The maximum Gasteiger partial charge on any atom is 0.220 e. The predicted molar refractivity (Wildman–Crippen MR) is 175 cm³/mol. The topological polar surface area (TPSA) is 69.6 Å². The lowest BCUT2D eigenvalue weighted by Crippen LogP contribution is -2.45. The molecule has 0 saturated carbocycles. The van der Waals surface area contributed by atoms with Crippen molar-refractivity contribution >= 4 is 5.91 Å². The van der Waals surface area contributed by atoms with E-state index < -0.39 is 12.1 Å². The molecule has 0 aliphatic carbocycles. The maximum absolute atomic E-state index is 12.2. The summed E-state index contributed by atoms with van der Waals surface area (Å²) in [7, 11) is 0. The quantitative estimate of drug-likeness (QED) is 0.0691. The molecule has 0 heterocycles. The van der Waals surface area contributed by atoms with E-state index in [9.17, 15) is 15.0 Å². The molecule has 2 atom stereocenters. The zero-order valence-electron chi connectivity index (χ0n) is 27.4. The number of nitrogens with one attached hydrogen (secondary N) is 1. The molecule has 0 aromatic carbocycles. The molecule has 0 aromatic heterocycles. The number of hydrogen-bond acceptors (Lipinski definition) is 3. The van der Waals surface area contributed by atoms with Crippen LogP contribution in [0.2, 0.25) is 0 Å². The summed E-state index contributed by atoms with van der Waals surface area (Å²) in [5.74, 6) is -0.0331. The molecule has 40 heavy (non-hydrogen) atoms. The first-order chi connectivity index (χ1) is 19.7. The number of carbonyl (C=O) groups excluding carboxylic acids is 1. The van der Waals surface area contributed by atoms with E-state index in [1.54, 1.807) is 0 Å². The Balaban J connectivity index is 3.39. The third kappa shape index (κ3) is 28.9. The second-order valence-electron chi connectivity index (χ2n) is 12.7. The number of carbonyl (C=O) groups is 1. The largest absolute Gasteiger partial charge is 0.394 e. The van der Waals surface area contributed by atoms with Crippen molar-refractivity contribution in [2.24, 2.45) is 0 Å². The number of hydrogen-bond donors (Lipinski definition) is 3. The summed E-state index contributed by atoms with van der Waals surface area (Å²) >= 11 is 0. The Morgan fingerprint density at radius 1 is 0.500 bits per heavy atom. The Bertz CT molecular complexity index is 498. The molecule has 0 aliphatic heterocycles. The van der Waals surface area contributed by atoms with Gasteiger partial charge in [-0.3, -0.25) is 4.79 Å². The standard InChI is InChI=1S/C36H73NO3/c1-3-5-7-9-11-12-13-14-15-16-17-18-19-20-21-22-23-24-25-26-28-30-32-36(40)37-34(33-38)35(39)31-29-27-10-8-6-4-2/h34-35,38-39H,3-33H2,1-2H3,(H,37,40). The van der Waals surface area contributed by atoms with E-state index in [1.807, 2.05) is 0 Å². The van der Waals surface area contributed by atoms with Gasteiger partial charge < -0.3 is 15.5 Å². The van der Waals surface area contributed by atoms with E-state index in [-0.39, 0.29) is 12.5 Å². The molecular weight excluding hydrogens is 494 g/mol. The lowest BCUT2D eigenvalue weighted by molar-refractivity contribution is -0.123. The Morgan fingerprint density at radius 2 is 0.800 bits per heavy atom. The van der Waals surface area contributed by atoms with E-state index >= 15 is 0 Å². The molecule has 2 unspecified atom stereocenters. The summed E-state index contributed by atoms with van der Waals surface area (Å²) in [6, 6.07) is -0.525. The first-order valence-electron chi connectivity index (χ1n) is 18.2. The molecule has 3 N–H and O–H groups in total. The van der Waals surface area contributed by atoms with Gasteiger partial charge in [-0.1, -0.05) is 187 Å². The average Bonchev–Trinajstić information content (AvgIpc) is 2.96. The Labute approximate surface area is 251 Å². The van der Waals surface area contributed by atoms with Crippen LogP contribution < -0.4 is 5.32 Å². The van der Waals surface area contributed by atoms with Gasteiger partial charge in [0.25, 0.3) is 0 Å². The highest BCUT2D eigenvalue weighted by atomic mass is 16.3. The minimum atomic E-state index is -0.648. The summed E-state index contributed by atoms with van der Waals surface area (Å²) in [4.78, 5) is 12.2. The van der Waals surface area contributed by atoms with E-state index in [1.165, 1.54) is 154 Å². The molecule has 4 heteroatoms. The van der Waals surface area contributed by atoms with E-state index in [2.05, 4.69) is 19.2 Å². The molecule has 0 aliphatic rings. The van der Waals surface area contributed by atoms with Gasteiger partial charge in [-0.05, 0) is 12.8 Å². The smallest absolute Gasteiger partial charge is 0.220 e. The van der Waals surface area contributed by atoms with Crippen molar-refractivity contribution in [2.75, 3.05) is 6.61 Å². The van der Waals surface area contributed by atoms with E-state index in [0.29, 0.717) is 12.8 Å². The van der Waals surface area contributed by atoms with Crippen molar-refractivity contribution in [1.29, 1.82) is 0 Å². The maximum atomic E-state index is 12.2. The van der Waals surface area contributed by atoms with Crippen LogP contribution in [0.5, 0.6) is 0 Å². The van der Waals surface area contributed by atoms with Gasteiger partial charge in [0.1, 0.15) is 0 Å². The van der Waals surface area contributed by atoms with Gasteiger partial charge >= 0.3 is 0 Å². The molecule has 0 rings (SSSR count). The van der Waals surface area contributed by atoms with Crippen LogP contribution in [-0.2, 0) is 4.79 Å². The molecule has 1 amide bonds. The van der Waals surface area contributed by atoms with Crippen molar-refractivity contribution in [3.8, 4) is 0 Å². The lowest BCUT2D eigenvalue weighted by Gasteiger charge is -2.22. The van der Waals surface area contributed by atoms with E-state index in [0.717, 1.165) is 25.7 Å². The van der Waals surface area contributed by atoms with Crippen LogP contribution in [0.15, 0.2) is 0 Å². The normalized spacial score (nSPS) is 13.0. The third-order valence-corrected chi connectivity index (χ3v) is 8.62. The van der Waals surface area contributed by atoms with Gasteiger partial charge in [0.2, 0.25) is 5.91 Å². The summed E-state index contributed by atoms with van der Waals surface area (Å²) in [5.41, 5.74) is 0. The highest BCUT2D eigenvalue weighted by Gasteiger charge is 2.19. The van der Waals surface area contributed by atoms with E-state index in [4.69, 9.17) is 0 Å². The van der Waals surface area contributed by atoms with Crippen molar-refractivity contribution in [2.45, 2.75) is 219 Å². The molecule has 4 nitrogen and oxygen atoms in total. The molecule has 0 aromatic rings. The first-order valence-corrected chi connectivity index (χ1v) is 18.2. The Morgan fingerprint density at radius 3 is 1.12 bits per heavy atom. The molecule has 0 saturated heterocycles. The number of aliphatic hydroxyl groups is 2. The fraction of sp³-hybridized carbons (Fsp3) is 0.972. The monoisotopic (exact) mass is 568 g/mol. The van der Waals surface area contributed by atoms with Gasteiger partial charge in [-0.15, -0.1) is 0 Å². The molecule has 0 spiro atoms. The third-order valence-electron chi connectivity index (χ3n) is 8.62. The van der Waals surface area contributed by atoms with Gasteiger partial charge in [-0.2, -0.15) is 0 Å². The van der Waals surface area contributed by atoms with Crippen LogP contribution >= 0.6 is 0 Å². The fourth-order valence-electron chi connectivity index (χ4n) is 5.77. The highest BCUT2D eigenvalue weighted by molar-refractivity contribution is 5.76. The zero-order chi connectivity index (χ0) is 29.4. The molecule has 0 radical (unpaired) electrons. The molecular formula is C36H73NO3. The molecule has 0 fully saturated rings. The van der Waals surface area contributed by atoms with Crippen molar-refractivity contribution in [1.82, 2.24) is 5.32 Å². The predicted octanol–water partition coefficient (Wildman–Crippen LogP) is 10.6. The average molecular weight is 568 g/mol. The van der Waals surface area contributed by atoms with Gasteiger partial charge in [0, 0.05) is 6.42 Å².